The zero-order valence-electron chi connectivity index (χ0n) is 13.7. The van der Waals surface area contributed by atoms with Gasteiger partial charge in [0.15, 0.2) is 11.6 Å². The van der Waals surface area contributed by atoms with Gasteiger partial charge in [0, 0.05) is 5.56 Å². The molecule has 1 aliphatic rings. The molecule has 0 nitrogen and oxygen atoms in total. The molecule has 1 aliphatic carbocycles. The predicted molar refractivity (Wildman–Crippen MR) is 84.5 cm³/mol. The number of aryl methyl sites for hydroxylation is 1. The molecular weight excluding hydrogens is 285 g/mol. The second-order valence-corrected chi connectivity index (χ2v) is 6.78. The molecule has 1 saturated carbocycles. The normalized spacial score (nSPS) is 22.0. The first-order valence-electron chi connectivity index (χ1n) is 8.68. The SMILES string of the molecule is CCCCCCC1CCC(c2c(F)cc(C)c(F)c2F)CC1. The molecule has 2 rings (SSSR count). The van der Waals surface area contributed by atoms with Gasteiger partial charge in [-0.1, -0.05) is 39.0 Å². The van der Waals surface area contributed by atoms with Crippen molar-refractivity contribution in [3.63, 3.8) is 0 Å². The molecule has 0 N–H and O–H groups in total. The van der Waals surface area contributed by atoms with Crippen LogP contribution in [0.15, 0.2) is 6.07 Å². The minimum absolute atomic E-state index is 0.0208. The molecule has 0 aliphatic heterocycles. The maximum atomic E-state index is 14.1. The Hall–Kier alpha value is -0.990. The van der Waals surface area contributed by atoms with Gasteiger partial charge in [0.25, 0.3) is 0 Å². The molecule has 0 radical (unpaired) electrons. The number of hydrogen-bond acceptors (Lipinski definition) is 0. The van der Waals surface area contributed by atoms with Crippen molar-refractivity contribution in [1.82, 2.24) is 0 Å². The first-order valence-corrected chi connectivity index (χ1v) is 8.68. The summed E-state index contributed by atoms with van der Waals surface area (Å²) in [7, 11) is 0. The molecule has 1 aromatic carbocycles. The average Bonchev–Trinajstić information content (AvgIpc) is 2.51. The van der Waals surface area contributed by atoms with Crippen molar-refractivity contribution in [2.45, 2.75) is 77.6 Å². The Morgan fingerprint density at radius 3 is 2.27 bits per heavy atom. The Morgan fingerprint density at radius 2 is 1.64 bits per heavy atom. The third-order valence-corrected chi connectivity index (χ3v) is 5.10. The smallest absolute Gasteiger partial charge is 0.165 e. The van der Waals surface area contributed by atoms with E-state index >= 15 is 0 Å². The average molecular weight is 312 g/mol. The van der Waals surface area contributed by atoms with Crippen molar-refractivity contribution in [3.8, 4) is 0 Å². The molecule has 22 heavy (non-hydrogen) atoms. The van der Waals surface area contributed by atoms with Gasteiger partial charge in [-0.05, 0) is 56.1 Å². The summed E-state index contributed by atoms with van der Waals surface area (Å²) in [6, 6.07) is 1.13. The topological polar surface area (TPSA) is 0 Å². The molecule has 3 heteroatoms. The highest BCUT2D eigenvalue weighted by Gasteiger charge is 2.28. The molecule has 0 aromatic heterocycles. The van der Waals surface area contributed by atoms with Gasteiger partial charge in [-0.3, -0.25) is 0 Å². The van der Waals surface area contributed by atoms with Crippen molar-refractivity contribution in [1.29, 1.82) is 0 Å². The molecule has 0 atom stereocenters. The van der Waals surface area contributed by atoms with Crippen LogP contribution in [-0.2, 0) is 0 Å². The minimum atomic E-state index is -0.969. The standard InChI is InChI=1S/C19H27F3/c1-3-4-5-6-7-14-8-10-15(11-9-14)17-16(20)12-13(2)18(21)19(17)22/h12,14-15H,3-11H2,1-2H3. The van der Waals surface area contributed by atoms with Crippen LogP contribution in [0.4, 0.5) is 13.2 Å². The molecule has 1 aromatic rings. The summed E-state index contributed by atoms with van der Waals surface area (Å²) in [5.41, 5.74) is 0.0240. The van der Waals surface area contributed by atoms with Crippen LogP contribution in [0.5, 0.6) is 0 Å². The van der Waals surface area contributed by atoms with Gasteiger partial charge in [-0.2, -0.15) is 0 Å². The maximum Gasteiger partial charge on any atom is 0.165 e. The highest BCUT2D eigenvalue weighted by Crippen LogP contribution is 2.40. The summed E-state index contributed by atoms with van der Waals surface area (Å²) in [5.74, 6) is -1.93. The van der Waals surface area contributed by atoms with E-state index in [9.17, 15) is 13.2 Å². The summed E-state index contributed by atoms with van der Waals surface area (Å²) in [6.07, 6.45) is 9.84. The van der Waals surface area contributed by atoms with Crippen molar-refractivity contribution in [2.75, 3.05) is 0 Å². The van der Waals surface area contributed by atoms with Crippen LogP contribution < -0.4 is 0 Å². The van der Waals surface area contributed by atoms with Gasteiger partial charge in [-0.25, -0.2) is 13.2 Å². The van der Waals surface area contributed by atoms with Gasteiger partial charge in [0.2, 0.25) is 0 Å². The van der Waals surface area contributed by atoms with E-state index in [2.05, 4.69) is 6.92 Å². The summed E-state index contributed by atoms with van der Waals surface area (Å²) < 4.78 is 41.8. The van der Waals surface area contributed by atoms with E-state index in [-0.39, 0.29) is 17.0 Å². The van der Waals surface area contributed by atoms with Gasteiger partial charge >= 0.3 is 0 Å². The molecular formula is C19H27F3. The predicted octanol–water partition coefficient (Wildman–Crippen LogP) is 6.66. The fourth-order valence-electron chi connectivity index (χ4n) is 3.70. The molecule has 124 valence electrons. The Labute approximate surface area is 132 Å². The highest BCUT2D eigenvalue weighted by molar-refractivity contribution is 5.30. The van der Waals surface area contributed by atoms with Crippen molar-refractivity contribution < 1.29 is 13.2 Å². The largest absolute Gasteiger partial charge is 0.207 e. The lowest BCUT2D eigenvalue weighted by Crippen LogP contribution is -2.16. The number of rotatable bonds is 6. The number of hydrogen-bond donors (Lipinski definition) is 0. The van der Waals surface area contributed by atoms with Crippen molar-refractivity contribution in [2.24, 2.45) is 5.92 Å². The molecule has 0 bridgehead atoms. The van der Waals surface area contributed by atoms with Crippen LogP contribution in [0.25, 0.3) is 0 Å². The fraction of sp³-hybridized carbons (Fsp3) is 0.684. The Balaban J connectivity index is 1.93. The molecule has 0 unspecified atom stereocenters. The van der Waals surface area contributed by atoms with E-state index in [4.69, 9.17) is 0 Å². The lowest BCUT2D eigenvalue weighted by Gasteiger charge is -2.29. The van der Waals surface area contributed by atoms with E-state index < -0.39 is 17.5 Å². The number of benzene rings is 1. The third kappa shape index (κ3) is 4.05. The van der Waals surface area contributed by atoms with E-state index in [1.807, 2.05) is 0 Å². The van der Waals surface area contributed by atoms with E-state index in [1.54, 1.807) is 0 Å². The number of halogens is 3. The summed E-state index contributed by atoms with van der Waals surface area (Å²) in [5, 5.41) is 0. The molecule has 0 saturated heterocycles. The first kappa shape index (κ1) is 17.4. The van der Waals surface area contributed by atoms with Gasteiger partial charge in [0.05, 0.1) is 0 Å². The fourth-order valence-corrected chi connectivity index (χ4v) is 3.70. The monoisotopic (exact) mass is 312 g/mol. The van der Waals surface area contributed by atoms with Crippen LogP contribution in [0.2, 0.25) is 0 Å². The molecule has 1 fully saturated rings. The highest BCUT2D eigenvalue weighted by atomic mass is 19.2. The van der Waals surface area contributed by atoms with Crippen LogP contribution in [-0.4, -0.2) is 0 Å². The van der Waals surface area contributed by atoms with Crippen molar-refractivity contribution in [3.05, 3.63) is 34.6 Å². The van der Waals surface area contributed by atoms with E-state index in [0.717, 1.165) is 31.7 Å². The maximum absolute atomic E-state index is 14.1. The number of unbranched alkanes of at least 4 members (excludes halogenated alkanes) is 3. The zero-order valence-corrected chi connectivity index (χ0v) is 13.7. The van der Waals surface area contributed by atoms with Crippen LogP contribution >= 0.6 is 0 Å². The summed E-state index contributed by atoms with van der Waals surface area (Å²) >= 11 is 0. The quantitative estimate of drug-likeness (QED) is 0.407. The molecule has 0 heterocycles. The lowest BCUT2D eigenvalue weighted by molar-refractivity contribution is 0.292. The van der Waals surface area contributed by atoms with Crippen molar-refractivity contribution >= 4 is 0 Å². The van der Waals surface area contributed by atoms with Crippen LogP contribution in [0.1, 0.15) is 81.8 Å². The Morgan fingerprint density at radius 1 is 0.955 bits per heavy atom. The second kappa shape index (κ2) is 8.03. The third-order valence-electron chi connectivity index (χ3n) is 5.10. The molecule has 0 amide bonds. The minimum Gasteiger partial charge on any atom is -0.207 e. The van der Waals surface area contributed by atoms with Crippen LogP contribution in [0, 0.1) is 30.3 Å². The van der Waals surface area contributed by atoms with Gasteiger partial charge in [-0.15, -0.1) is 0 Å². The first-order chi connectivity index (χ1) is 10.5. The van der Waals surface area contributed by atoms with Gasteiger partial charge in [0.1, 0.15) is 5.82 Å². The second-order valence-electron chi connectivity index (χ2n) is 6.78. The van der Waals surface area contributed by atoms with E-state index in [1.165, 1.54) is 39.0 Å². The molecule has 0 spiro atoms. The Kier molecular flexibility index (Phi) is 6.34. The Bertz CT molecular complexity index is 488. The summed E-state index contributed by atoms with van der Waals surface area (Å²) in [4.78, 5) is 0. The van der Waals surface area contributed by atoms with Crippen LogP contribution in [0.3, 0.4) is 0 Å². The summed E-state index contributed by atoms with van der Waals surface area (Å²) in [6.45, 7) is 3.60. The zero-order chi connectivity index (χ0) is 16.1. The van der Waals surface area contributed by atoms with Gasteiger partial charge < -0.3 is 0 Å². The lowest BCUT2D eigenvalue weighted by atomic mass is 9.76. The van der Waals surface area contributed by atoms with E-state index in [0.29, 0.717) is 5.92 Å².